The first kappa shape index (κ1) is 21.1. The van der Waals surface area contributed by atoms with Crippen molar-refractivity contribution in [3.05, 3.63) is 77.3 Å². The minimum atomic E-state index is -0.220. The highest BCUT2D eigenvalue weighted by atomic mass is 35.5. The Morgan fingerprint density at radius 2 is 1.87 bits per heavy atom. The first-order valence-corrected chi connectivity index (χ1v) is 10.7. The van der Waals surface area contributed by atoms with Crippen molar-refractivity contribution in [2.24, 2.45) is 5.92 Å². The van der Waals surface area contributed by atoms with E-state index in [4.69, 9.17) is 11.6 Å². The predicted molar refractivity (Wildman–Crippen MR) is 118 cm³/mol. The molecule has 1 aliphatic heterocycles. The summed E-state index contributed by atoms with van der Waals surface area (Å²) < 4.78 is 1.68. The molecule has 2 atom stereocenters. The second-order valence-corrected chi connectivity index (χ2v) is 8.20. The average Bonchev–Trinajstić information content (AvgIpc) is 3.34. The van der Waals surface area contributed by atoms with Crippen LogP contribution >= 0.6 is 11.6 Å². The van der Waals surface area contributed by atoms with Crippen LogP contribution in [-0.4, -0.2) is 44.6 Å². The fourth-order valence-corrected chi connectivity index (χ4v) is 3.95. The molecule has 2 amide bonds. The highest BCUT2D eigenvalue weighted by molar-refractivity contribution is 6.30. The van der Waals surface area contributed by atoms with Gasteiger partial charge >= 0.3 is 0 Å². The maximum absolute atomic E-state index is 12.9. The topological polar surface area (TPSA) is 80.1 Å². The van der Waals surface area contributed by atoms with E-state index in [1.165, 1.54) is 6.33 Å². The van der Waals surface area contributed by atoms with Gasteiger partial charge in [-0.05, 0) is 61.7 Å². The van der Waals surface area contributed by atoms with E-state index < -0.39 is 0 Å². The number of carbonyl (C=O) groups excluding carboxylic acids is 2. The zero-order valence-corrected chi connectivity index (χ0v) is 18.0. The Balaban J connectivity index is 1.36. The van der Waals surface area contributed by atoms with E-state index in [0.717, 1.165) is 24.1 Å². The third-order valence-electron chi connectivity index (χ3n) is 5.61. The summed E-state index contributed by atoms with van der Waals surface area (Å²) in [6, 6.07) is 14.5. The summed E-state index contributed by atoms with van der Waals surface area (Å²) in [5.41, 5.74) is 2.50. The molecule has 7 nitrogen and oxygen atoms in total. The van der Waals surface area contributed by atoms with Gasteiger partial charge in [0.25, 0.3) is 5.91 Å². The Morgan fingerprint density at radius 3 is 2.55 bits per heavy atom. The number of amides is 2. The van der Waals surface area contributed by atoms with Gasteiger partial charge in [0.15, 0.2) is 0 Å². The van der Waals surface area contributed by atoms with Crippen molar-refractivity contribution in [2.45, 2.75) is 25.8 Å². The van der Waals surface area contributed by atoms with Crippen LogP contribution < -0.4 is 5.32 Å². The first-order valence-electron chi connectivity index (χ1n) is 10.3. The van der Waals surface area contributed by atoms with Crippen molar-refractivity contribution in [1.82, 2.24) is 25.0 Å². The quantitative estimate of drug-likeness (QED) is 0.660. The van der Waals surface area contributed by atoms with E-state index in [-0.39, 0.29) is 23.8 Å². The molecule has 0 saturated carbocycles. The minimum absolute atomic E-state index is 0.0264. The van der Waals surface area contributed by atoms with Crippen LogP contribution in [0.1, 0.15) is 41.7 Å². The maximum Gasteiger partial charge on any atom is 0.253 e. The molecule has 1 N–H and O–H groups in total. The van der Waals surface area contributed by atoms with Gasteiger partial charge in [-0.1, -0.05) is 23.7 Å². The van der Waals surface area contributed by atoms with Crippen LogP contribution in [0.4, 0.5) is 0 Å². The van der Waals surface area contributed by atoms with Crippen molar-refractivity contribution in [3.63, 3.8) is 0 Å². The van der Waals surface area contributed by atoms with Crippen LogP contribution in [0.25, 0.3) is 5.69 Å². The molecule has 1 fully saturated rings. The Morgan fingerprint density at radius 1 is 1.13 bits per heavy atom. The molecule has 3 aromatic rings. The van der Waals surface area contributed by atoms with Crippen molar-refractivity contribution >= 4 is 23.4 Å². The number of piperidine rings is 1. The number of likely N-dealkylation sites (tertiary alicyclic amines) is 1. The van der Waals surface area contributed by atoms with E-state index in [1.807, 2.05) is 31.2 Å². The number of carbonyl (C=O) groups is 2. The number of hydrogen-bond acceptors (Lipinski definition) is 4. The normalized spacial score (nSPS) is 17.2. The standard InChI is InChI=1S/C23H24ClN5O2/c1-16(17-6-10-21(11-7-17)29-15-25-14-26-29)27-22(30)19-3-2-12-28(13-19)23(31)18-4-8-20(24)9-5-18/h4-11,14-16,19H,2-3,12-13H2,1H3,(H,27,30)/t16-,19+/m1/s1. The van der Waals surface area contributed by atoms with Crippen LogP contribution in [-0.2, 0) is 4.79 Å². The molecule has 1 aliphatic rings. The van der Waals surface area contributed by atoms with Gasteiger partial charge in [-0.3, -0.25) is 9.59 Å². The molecule has 2 heterocycles. The number of benzene rings is 2. The Hall–Kier alpha value is -3.19. The van der Waals surface area contributed by atoms with Crippen LogP contribution in [0.15, 0.2) is 61.2 Å². The third kappa shape index (κ3) is 4.94. The number of nitrogens with zero attached hydrogens (tertiary/aromatic N) is 4. The molecule has 0 radical (unpaired) electrons. The predicted octanol–water partition coefficient (Wildman–Crippen LogP) is 3.65. The zero-order chi connectivity index (χ0) is 21.8. The fraction of sp³-hybridized carbons (Fsp3) is 0.304. The fourth-order valence-electron chi connectivity index (χ4n) is 3.82. The number of halogens is 1. The maximum atomic E-state index is 12.9. The average molecular weight is 438 g/mol. The Bertz CT molecular complexity index is 1030. The molecule has 4 rings (SSSR count). The summed E-state index contributed by atoms with van der Waals surface area (Å²) in [4.78, 5) is 31.4. The Kier molecular flexibility index (Phi) is 6.32. The highest BCUT2D eigenvalue weighted by Crippen LogP contribution is 2.22. The number of hydrogen-bond donors (Lipinski definition) is 1. The lowest BCUT2D eigenvalue weighted by Crippen LogP contribution is -2.45. The van der Waals surface area contributed by atoms with E-state index in [0.29, 0.717) is 23.7 Å². The molecular formula is C23H24ClN5O2. The number of nitrogens with one attached hydrogen (secondary N) is 1. The van der Waals surface area contributed by atoms with Gasteiger partial charge in [0.05, 0.1) is 17.6 Å². The molecule has 0 bridgehead atoms. The van der Waals surface area contributed by atoms with Crippen molar-refractivity contribution in [3.8, 4) is 5.69 Å². The molecule has 0 spiro atoms. The molecule has 8 heteroatoms. The van der Waals surface area contributed by atoms with Gasteiger partial charge in [-0.25, -0.2) is 9.67 Å². The summed E-state index contributed by atoms with van der Waals surface area (Å²) in [6.45, 7) is 3.04. The SMILES string of the molecule is C[C@@H](NC(=O)[C@H]1CCCN(C(=O)c2ccc(Cl)cc2)C1)c1ccc(-n2cncn2)cc1. The zero-order valence-electron chi connectivity index (χ0n) is 17.2. The second-order valence-electron chi connectivity index (χ2n) is 7.76. The van der Waals surface area contributed by atoms with Crippen molar-refractivity contribution in [1.29, 1.82) is 0 Å². The van der Waals surface area contributed by atoms with Crippen molar-refractivity contribution in [2.75, 3.05) is 13.1 Å². The largest absolute Gasteiger partial charge is 0.349 e. The van der Waals surface area contributed by atoms with E-state index in [1.54, 1.807) is 40.2 Å². The molecular weight excluding hydrogens is 414 g/mol. The summed E-state index contributed by atoms with van der Waals surface area (Å²) >= 11 is 5.92. The van der Waals surface area contributed by atoms with Gasteiger partial charge in [-0.15, -0.1) is 0 Å². The molecule has 0 aliphatic carbocycles. The Labute approximate surface area is 186 Å². The van der Waals surface area contributed by atoms with E-state index in [2.05, 4.69) is 15.4 Å². The molecule has 0 unspecified atom stereocenters. The van der Waals surface area contributed by atoms with E-state index in [9.17, 15) is 9.59 Å². The lowest BCUT2D eigenvalue weighted by atomic mass is 9.95. The smallest absolute Gasteiger partial charge is 0.253 e. The highest BCUT2D eigenvalue weighted by Gasteiger charge is 2.29. The summed E-state index contributed by atoms with van der Waals surface area (Å²) in [5.74, 6) is -0.311. The third-order valence-corrected chi connectivity index (χ3v) is 5.86. The van der Waals surface area contributed by atoms with Gasteiger partial charge in [0, 0.05) is 23.7 Å². The minimum Gasteiger partial charge on any atom is -0.349 e. The summed E-state index contributed by atoms with van der Waals surface area (Å²) in [7, 11) is 0. The van der Waals surface area contributed by atoms with E-state index >= 15 is 0 Å². The van der Waals surface area contributed by atoms with Gasteiger partial charge in [0.1, 0.15) is 12.7 Å². The van der Waals surface area contributed by atoms with Crippen molar-refractivity contribution < 1.29 is 9.59 Å². The second kappa shape index (κ2) is 9.31. The van der Waals surface area contributed by atoms with Gasteiger partial charge in [0.2, 0.25) is 5.91 Å². The summed E-state index contributed by atoms with van der Waals surface area (Å²) in [5, 5.41) is 7.81. The van der Waals surface area contributed by atoms with Crippen LogP contribution in [0.3, 0.4) is 0 Å². The molecule has 31 heavy (non-hydrogen) atoms. The van der Waals surface area contributed by atoms with Gasteiger partial charge in [-0.2, -0.15) is 5.10 Å². The molecule has 160 valence electrons. The lowest BCUT2D eigenvalue weighted by Gasteiger charge is -2.32. The molecule has 1 aromatic heterocycles. The monoisotopic (exact) mass is 437 g/mol. The number of aromatic nitrogens is 3. The molecule has 2 aromatic carbocycles. The number of rotatable bonds is 5. The summed E-state index contributed by atoms with van der Waals surface area (Å²) in [6.07, 6.45) is 4.70. The van der Waals surface area contributed by atoms with Crippen LogP contribution in [0.5, 0.6) is 0 Å². The van der Waals surface area contributed by atoms with Gasteiger partial charge < -0.3 is 10.2 Å². The first-order chi connectivity index (χ1) is 15.0. The molecule has 1 saturated heterocycles. The van der Waals surface area contributed by atoms with Crippen LogP contribution in [0.2, 0.25) is 5.02 Å². The lowest BCUT2D eigenvalue weighted by molar-refractivity contribution is -0.127. The van der Waals surface area contributed by atoms with Crippen LogP contribution in [0, 0.1) is 5.92 Å².